The zero-order valence-electron chi connectivity index (χ0n) is 30.6. The number of aromatic nitrogens is 2. The number of carbonyl (C=O) groups excluding carboxylic acids is 6. The van der Waals surface area contributed by atoms with Gasteiger partial charge in [-0.1, -0.05) is 73.6 Å². The Morgan fingerprint density at radius 1 is 0.920 bits per heavy atom. The molecule has 1 saturated heterocycles. The van der Waals surface area contributed by atoms with Gasteiger partial charge in [0.2, 0.25) is 23.5 Å². The molecule has 0 spiro atoms. The van der Waals surface area contributed by atoms with Crippen LogP contribution in [0, 0.1) is 29.1 Å². The lowest BCUT2D eigenvalue weighted by atomic mass is 9.82. The predicted octanol–water partition coefficient (Wildman–Crippen LogP) is 2.94. The molecule has 13 nitrogen and oxygen atoms in total. The Labute approximate surface area is 296 Å². The number of carbonyl (C=O) groups is 6. The molecular formula is C37H57N7O6. The first kappa shape index (κ1) is 38.9. The van der Waals surface area contributed by atoms with Gasteiger partial charge in [0, 0.05) is 25.5 Å². The Morgan fingerprint density at radius 3 is 2.20 bits per heavy atom. The molecule has 5 atom stereocenters. The lowest BCUT2D eigenvalue weighted by Gasteiger charge is -2.37. The third-order valence-corrected chi connectivity index (χ3v) is 10.4. The highest BCUT2D eigenvalue weighted by atomic mass is 16.2. The van der Waals surface area contributed by atoms with Gasteiger partial charge in [0.05, 0.1) is 12.2 Å². The highest BCUT2D eigenvalue weighted by molar-refractivity contribution is 6.38. The zero-order chi connectivity index (χ0) is 36.6. The van der Waals surface area contributed by atoms with Crippen LogP contribution < -0.4 is 21.3 Å². The van der Waals surface area contributed by atoms with Crippen molar-refractivity contribution >= 4 is 35.3 Å². The second-order valence-electron chi connectivity index (χ2n) is 15.9. The fourth-order valence-electron chi connectivity index (χ4n) is 7.06. The van der Waals surface area contributed by atoms with Crippen LogP contribution in [0.25, 0.3) is 0 Å². The predicted molar refractivity (Wildman–Crippen MR) is 187 cm³/mol. The van der Waals surface area contributed by atoms with E-state index in [4.69, 9.17) is 0 Å². The van der Waals surface area contributed by atoms with Crippen molar-refractivity contribution in [2.45, 2.75) is 130 Å². The molecule has 4 N–H and O–H groups in total. The number of Topliss-reactive ketones (excluding diaryl/α,β-unsaturated/α-hetero) is 1. The maximum Gasteiger partial charge on any atom is 0.289 e. The summed E-state index contributed by atoms with van der Waals surface area (Å²) in [6.07, 6.45) is 12.0. The molecule has 2 aliphatic carbocycles. The zero-order valence-corrected chi connectivity index (χ0v) is 30.6. The van der Waals surface area contributed by atoms with Crippen LogP contribution in [0.1, 0.15) is 116 Å². The first-order valence-corrected chi connectivity index (χ1v) is 18.5. The molecular weight excluding hydrogens is 638 g/mol. The van der Waals surface area contributed by atoms with E-state index in [0.29, 0.717) is 32.4 Å². The molecule has 0 radical (unpaired) electrons. The maximum atomic E-state index is 14.6. The molecule has 4 rings (SSSR count). The average Bonchev–Trinajstić information content (AvgIpc) is 3.80. The van der Waals surface area contributed by atoms with Crippen LogP contribution in [0.5, 0.6) is 0 Å². The first-order chi connectivity index (χ1) is 23.7. The summed E-state index contributed by atoms with van der Waals surface area (Å²) in [6, 6.07) is -3.76. The summed E-state index contributed by atoms with van der Waals surface area (Å²) in [6.45, 7) is 12.2. The van der Waals surface area contributed by atoms with E-state index in [9.17, 15) is 28.8 Å². The largest absolute Gasteiger partial charge is 0.349 e. The normalized spacial score (nSPS) is 21.5. The van der Waals surface area contributed by atoms with Crippen molar-refractivity contribution in [3.05, 3.63) is 24.3 Å². The molecule has 2 heterocycles. The smallest absolute Gasteiger partial charge is 0.289 e. The number of hydrogen-bond donors (Lipinski definition) is 4. The third-order valence-electron chi connectivity index (χ3n) is 10.4. The third kappa shape index (κ3) is 10.3. The number of ketones is 1. The van der Waals surface area contributed by atoms with Gasteiger partial charge in [-0.15, -0.1) is 0 Å². The van der Waals surface area contributed by atoms with Crippen LogP contribution >= 0.6 is 0 Å². The lowest BCUT2D eigenvalue weighted by molar-refractivity contribution is -0.145. The summed E-state index contributed by atoms with van der Waals surface area (Å²) >= 11 is 0. The number of amides is 5. The second-order valence-corrected chi connectivity index (χ2v) is 15.9. The van der Waals surface area contributed by atoms with Crippen LogP contribution in [-0.4, -0.2) is 87.4 Å². The molecule has 1 aromatic rings. The topological polar surface area (TPSA) is 180 Å². The molecule has 1 aromatic heterocycles. The van der Waals surface area contributed by atoms with Gasteiger partial charge < -0.3 is 26.2 Å². The van der Waals surface area contributed by atoms with Gasteiger partial charge >= 0.3 is 0 Å². The van der Waals surface area contributed by atoms with Gasteiger partial charge in [-0.25, -0.2) is 4.98 Å². The highest BCUT2D eigenvalue weighted by Crippen LogP contribution is 2.35. The van der Waals surface area contributed by atoms with Crippen molar-refractivity contribution in [3.63, 3.8) is 0 Å². The Kier molecular flexibility index (Phi) is 13.5. The molecule has 0 aromatic carbocycles. The molecule has 5 amide bonds. The lowest BCUT2D eigenvalue weighted by Crippen LogP contribution is -2.62. The summed E-state index contributed by atoms with van der Waals surface area (Å²) in [5.74, 6) is -2.92. The number of nitrogens with zero attached hydrogens (tertiary/aromatic N) is 3. The molecule has 0 bridgehead atoms. The summed E-state index contributed by atoms with van der Waals surface area (Å²) in [5, 5.41) is 11.4. The minimum absolute atomic E-state index is 0.0118. The van der Waals surface area contributed by atoms with Crippen LogP contribution in [0.2, 0.25) is 0 Å². The molecule has 276 valence electrons. The molecule has 1 unspecified atom stereocenters. The highest BCUT2D eigenvalue weighted by Gasteiger charge is 2.47. The average molecular weight is 696 g/mol. The van der Waals surface area contributed by atoms with Crippen molar-refractivity contribution in [2.75, 3.05) is 13.1 Å². The van der Waals surface area contributed by atoms with Crippen LogP contribution in [0.15, 0.2) is 18.6 Å². The summed E-state index contributed by atoms with van der Waals surface area (Å²) in [7, 11) is 0. The monoisotopic (exact) mass is 695 g/mol. The Morgan fingerprint density at radius 2 is 1.62 bits per heavy atom. The minimum atomic E-state index is -1.01. The van der Waals surface area contributed by atoms with E-state index in [1.807, 2.05) is 41.5 Å². The van der Waals surface area contributed by atoms with Crippen LogP contribution in [-0.2, 0) is 24.0 Å². The summed E-state index contributed by atoms with van der Waals surface area (Å²) < 4.78 is 0. The van der Waals surface area contributed by atoms with Crippen molar-refractivity contribution in [3.8, 4) is 0 Å². The van der Waals surface area contributed by atoms with Crippen molar-refractivity contribution in [2.24, 2.45) is 29.1 Å². The van der Waals surface area contributed by atoms with Crippen molar-refractivity contribution in [1.82, 2.24) is 36.1 Å². The fraction of sp³-hybridized carbons (Fsp3) is 0.730. The second kappa shape index (κ2) is 17.4. The molecule has 3 aliphatic rings. The fourth-order valence-corrected chi connectivity index (χ4v) is 7.06. The molecule has 3 fully saturated rings. The molecule has 50 heavy (non-hydrogen) atoms. The van der Waals surface area contributed by atoms with Gasteiger partial charge in [-0.3, -0.25) is 33.8 Å². The van der Waals surface area contributed by atoms with Gasteiger partial charge in [-0.05, 0) is 61.2 Å². The number of hydrogen-bond acceptors (Lipinski definition) is 8. The van der Waals surface area contributed by atoms with E-state index >= 15 is 0 Å². The molecule has 1 aliphatic heterocycles. The Bertz CT molecular complexity index is 1370. The van der Waals surface area contributed by atoms with E-state index in [1.54, 1.807) is 4.90 Å². The van der Waals surface area contributed by atoms with Crippen molar-refractivity contribution in [1.29, 1.82) is 0 Å². The van der Waals surface area contributed by atoms with E-state index in [0.717, 1.165) is 44.9 Å². The Hall–Kier alpha value is -3.90. The van der Waals surface area contributed by atoms with Crippen LogP contribution in [0.3, 0.4) is 0 Å². The van der Waals surface area contributed by atoms with E-state index in [-0.39, 0.29) is 29.4 Å². The standard InChI is InChI=1S/C37H57N7O6/c1-7-15-40-35(49)30(45)26(18-23-13-14-23)41-33(47)28-19-25(22(2)3)21-44(28)36(50)31(37(4,5)6)43-34(48)29(24-11-9-8-10-12-24)42-32(46)27-20-38-16-17-39-27/h16-17,20,22-26,28-29,31H,7-15,18-19,21H2,1-6H3,(H,40,49)(H,41,47)(H,42,46)(H,43,48)/t25-,26?,28+,29+,31-/m1/s1. The number of likely N-dealkylation sites (tertiary alicyclic amines) is 1. The molecule has 13 heteroatoms. The first-order valence-electron chi connectivity index (χ1n) is 18.5. The number of nitrogens with one attached hydrogen (secondary N) is 4. The Balaban J connectivity index is 1.56. The van der Waals surface area contributed by atoms with E-state index < -0.39 is 64.9 Å². The van der Waals surface area contributed by atoms with Gasteiger partial charge in [0.25, 0.3) is 11.8 Å². The molecule has 2 saturated carbocycles. The quantitative estimate of drug-likeness (QED) is 0.202. The van der Waals surface area contributed by atoms with E-state index in [2.05, 4.69) is 31.2 Å². The van der Waals surface area contributed by atoms with Crippen molar-refractivity contribution < 1.29 is 28.8 Å². The van der Waals surface area contributed by atoms with Gasteiger partial charge in [0.15, 0.2) is 0 Å². The number of rotatable bonds is 15. The maximum absolute atomic E-state index is 14.6. The summed E-state index contributed by atoms with van der Waals surface area (Å²) in [5.41, 5.74) is -0.658. The van der Waals surface area contributed by atoms with E-state index in [1.165, 1.54) is 18.6 Å². The SMILES string of the molecule is CCCNC(=O)C(=O)C(CC1CC1)NC(=O)[C@@H]1C[C@@H](C(C)C)CN1C(=O)[C@@H](NC(=O)[C@@H](NC(=O)c1cnccn1)C1CCCCC1)C(C)(C)C. The van der Waals surface area contributed by atoms with Crippen LogP contribution in [0.4, 0.5) is 0 Å². The van der Waals surface area contributed by atoms with Gasteiger partial charge in [-0.2, -0.15) is 0 Å². The summed E-state index contributed by atoms with van der Waals surface area (Å²) in [4.78, 5) is 91.4. The minimum Gasteiger partial charge on any atom is -0.349 e. The van der Waals surface area contributed by atoms with Gasteiger partial charge in [0.1, 0.15) is 23.8 Å².